The van der Waals surface area contributed by atoms with Crippen molar-refractivity contribution in [1.29, 1.82) is 0 Å². The summed E-state index contributed by atoms with van der Waals surface area (Å²) in [6.07, 6.45) is 2.18. The number of ether oxygens (including phenoxy) is 1. The molecule has 3 rings (SSSR count). The van der Waals surface area contributed by atoms with Gasteiger partial charge in [-0.05, 0) is 54.2 Å². The van der Waals surface area contributed by atoms with Gasteiger partial charge in [0.05, 0.1) is 17.3 Å². The number of carbonyl (C=O) groups is 1. The quantitative estimate of drug-likeness (QED) is 0.408. The van der Waals surface area contributed by atoms with E-state index in [0.717, 1.165) is 16.7 Å². The molecule has 1 aliphatic heterocycles. The molecule has 1 fully saturated rings. The molecule has 0 amide bonds. The average molecular weight is 491 g/mol. The van der Waals surface area contributed by atoms with Gasteiger partial charge in [0, 0.05) is 11.3 Å². The van der Waals surface area contributed by atoms with Gasteiger partial charge >= 0.3 is 0 Å². The molecule has 0 radical (unpaired) electrons. The number of nitrogens with zero attached hydrogens (tertiary/aromatic N) is 1. The van der Waals surface area contributed by atoms with Crippen LogP contribution in [0.4, 0.5) is 0 Å². The molecular weight excluding hydrogens is 460 g/mol. The second kappa shape index (κ2) is 10.7. The van der Waals surface area contributed by atoms with E-state index in [9.17, 15) is 13.2 Å². The van der Waals surface area contributed by atoms with Crippen molar-refractivity contribution in [3.63, 3.8) is 0 Å². The first-order valence-electron chi connectivity index (χ1n) is 10.8. The number of hydrogen-bond acceptors (Lipinski definition) is 6. The van der Waals surface area contributed by atoms with E-state index >= 15 is 0 Å². The van der Waals surface area contributed by atoms with Crippen molar-refractivity contribution in [2.45, 2.75) is 66.6 Å². The summed E-state index contributed by atoms with van der Waals surface area (Å²) in [4.78, 5) is 17.4. The molecule has 1 heterocycles. The van der Waals surface area contributed by atoms with Crippen LogP contribution < -0.4 is 10.2 Å². The van der Waals surface area contributed by atoms with Crippen molar-refractivity contribution in [3.8, 4) is 5.75 Å². The summed E-state index contributed by atoms with van der Waals surface area (Å²) in [5.41, 5.74) is 3.68. The Balaban J connectivity index is 1.89. The molecule has 7 nitrogen and oxygen atoms in total. The fourth-order valence-electron chi connectivity index (χ4n) is 3.38. The molecule has 0 saturated carbocycles. The Hall–Kier alpha value is -2.36. The second-order valence-corrected chi connectivity index (χ2v) is 11.6. The van der Waals surface area contributed by atoms with Crippen LogP contribution in [0.5, 0.6) is 5.75 Å². The zero-order valence-corrected chi connectivity index (χ0v) is 20.9. The van der Waals surface area contributed by atoms with Gasteiger partial charge < -0.3 is 9.53 Å². The van der Waals surface area contributed by atoms with Gasteiger partial charge in [0.25, 0.3) is 10.0 Å². The monoisotopic (exact) mass is 490 g/mol. The summed E-state index contributed by atoms with van der Waals surface area (Å²) in [7, 11) is -2.35. The van der Waals surface area contributed by atoms with Crippen molar-refractivity contribution in [3.05, 3.63) is 54.1 Å². The highest BCUT2D eigenvalue weighted by molar-refractivity contribution is 8.00. The number of nitrogens with one attached hydrogen (secondary N) is 1. The smallest absolute Gasteiger partial charge is 0.284 e. The molecule has 9 heteroatoms. The van der Waals surface area contributed by atoms with Gasteiger partial charge in [-0.2, -0.15) is 8.42 Å². The van der Waals surface area contributed by atoms with E-state index in [1.807, 2.05) is 36.4 Å². The molecule has 2 unspecified atom stereocenters. The number of amidine groups is 1. The van der Waals surface area contributed by atoms with Crippen LogP contribution in [-0.2, 0) is 25.1 Å². The van der Waals surface area contributed by atoms with Crippen LogP contribution in [-0.4, -0.2) is 39.0 Å². The van der Waals surface area contributed by atoms with Crippen molar-refractivity contribution in [1.82, 2.24) is 5.48 Å². The number of rotatable bonds is 9. The van der Waals surface area contributed by atoms with Crippen LogP contribution in [0, 0.1) is 0 Å². The SMILES string of the molecule is COc1cccc(SC2/C(=N/S(=O)(=O)c3ccc(C(C)(C)C)cc3)NOC2CCCC=O)c1. The predicted molar refractivity (Wildman–Crippen MR) is 130 cm³/mol. The highest BCUT2D eigenvalue weighted by Gasteiger charge is 2.37. The molecule has 2 aromatic rings. The lowest BCUT2D eigenvalue weighted by Crippen LogP contribution is -2.26. The Kier molecular flexibility index (Phi) is 8.20. The average Bonchev–Trinajstić information content (AvgIpc) is 3.14. The third-order valence-electron chi connectivity index (χ3n) is 5.27. The van der Waals surface area contributed by atoms with Crippen molar-refractivity contribution in [2.24, 2.45) is 4.40 Å². The van der Waals surface area contributed by atoms with E-state index in [1.54, 1.807) is 19.2 Å². The fourth-order valence-corrected chi connectivity index (χ4v) is 5.63. The highest BCUT2D eigenvalue weighted by atomic mass is 32.2. The van der Waals surface area contributed by atoms with Crippen LogP contribution in [0.1, 0.15) is 45.6 Å². The number of hydroxylamine groups is 1. The second-order valence-electron chi connectivity index (χ2n) is 8.80. The molecule has 1 N–H and O–H groups in total. The zero-order chi connectivity index (χ0) is 24.1. The Morgan fingerprint density at radius 1 is 1.18 bits per heavy atom. The van der Waals surface area contributed by atoms with Crippen molar-refractivity contribution >= 4 is 33.9 Å². The maximum absolute atomic E-state index is 13.1. The lowest BCUT2D eigenvalue weighted by Gasteiger charge is -2.19. The lowest BCUT2D eigenvalue weighted by molar-refractivity contribution is -0.108. The molecule has 2 atom stereocenters. The largest absolute Gasteiger partial charge is 0.497 e. The maximum Gasteiger partial charge on any atom is 0.284 e. The van der Waals surface area contributed by atoms with E-state index in [2.05, 4.69) is 30.6 Å². The summed E-state index contributed by atoms with van der Waals surface area (Å²) in [6, 6.07) is 14.3. The predicted octanol–water partition coefficient (Wildman–Crippen LogP) is 4.51. The minimum Gasteiger partial charge on any atom is -0.497 e. The summed E-state index contributed by atoms with van der Waals surface area (Å²) in [5.74, 6) is 0.938. The van der Waals surface area contributed by atoms with Gasteiger partial charge in [0.1, 0.15) is 18.1 Å². The molecule has 0 spiro atoms. The van der Waals surface area contributed by atoms with E-state index in [-0.39, 0.29) is 27.5 Å². The van der Waals surface area contributed by atoms with Gasteiger partial charge in [-0.25, -0.2) is 0 Å². The van der Waals surface area contributed by atoms with Gasteiger partial charge in [-0.15, -0.1) is 16.2 Å². The lowest BCUT2D eigenvalue weighted by atomic mass is 9.87. The van der Waals surface area contributed by atoms with E-state index in [0.29, 0.717) is 25.0 Å². The van der Waals surface area contributed by atoms with E-state index < -0.39 is 10.0 Å². The van der Waals surface area contributed by atoms with Crippen LogP contribution in [0.3, 0.4) is 0 Å². The molecule has 0 aromatic heterocycles. The third-order valence-corrected chi connectivity index (χ3v) is 7.89. The maximum atomic E-state index is 13.1. The Bertz CT molecular complexity index is 1090. The molecule has 1 saturated heterocycles. The minimum absolute atomic E-state index is 0.0811. The molecule has 0 aliphatic carbocycles. The van der Waals surface area contributed by atoms with Crippen molar-refractivity contribution in [2.75, 3.05) is 7.11 Å². The fraction of sp³-hybridized carbons (Fsp3) is 0.417. The summed E-state index contributed by atoms with van der Waals surface area (Å²) in [6.45, 7) is 6.21. The summed E-state index contributed by atoms with van der Waals surface area (Å²) < 4.78 is 35.5. The van der Waals surface area contributed by atoms with Crippen LogP contribution in [0.15, 0.2) is 62.7 Å². The number of hydrogen-bond donors (Lipinski definition) is 1. The molecule has 178 valence electrons. The van der Waals surface area contributed by atoms with Gasteiger partial charge in [-0.3, -0.25) is 10.3 Å². The van der Waals surface area contributed by atoms with Crippen LogP contribution in [0.25, 0.3) is 0 Å². The number of carbonyl (C=O) groups excluding carboxylic acids is 1. The summed E-state index contributed by atoms with van der Waals surface area (Å²) >= 11 is 1.45. The molecule has 2 aromatic carbocycles. The van der Waals surface area contributed by atoms with Gasteiger partial charge in [-0.1, -0.05) is 39.0 Å². The minimum atomic E-state index is -3.94. The van der Waals surface area contributed by atoms with Gasteiger partial charge in [0.15, 0.2) is 5.84 Å². The number of benzene rings is 2. The van der Waals surface area contributed by atoms with E-state index in [4.69, 9.17) is 9.57 Å². The Morgan fingerprint density at radius 3 is 2.55 bits per heavy atom. The zero-order valence-electron chi connectivity index (χ0n) is 19.3. The first-order chi connectivity index (χ1) is 15.6. The normalized spacial score (nSPS) is 19.9. The van der Waals surface area contributed by atoms with Crippen molar-refractivity contribution < 1.29 is 22.8 Å². The molecule has 0 bridgehead atoms. The number of aldehydes is 1. The number of sulfonamides is 1. The molecule has 1 aliphatic rings. The Morgan fingerprint density at radius 2 is 1.91 bits per heavy atom. The van der Waals surface area contributed by atoms with E-state index in [1.165, 1.54) is 11.8 Å². The van der Waals surface area contributed by atoms with Gasteiger partial charge in [0.2, 0.25) is 0 Å². The number of thioether (sulfide) groups is 1. The first-order valence-corrected chi connectivity index (χ1v) is 13.1. The number of unbranched alkanes of at least 4 members (excludes halogenated alkanes) is 1. The van der Waals surface area contributed by atoms with Crippen LogP contribution >= 0.6 is 11.8 Å². The molecule has 33 heavy (non-hydrogen) atoms. The topological polar surface area (TPSA) is 94.1 Å². The number of methoxy groups -OCH3 is 1. The third kappa shape index (κ3) is 6.59. The standard InChI is InChI=1S/C24H30N2O5S2/c1-24(2,3)17-11-13-20(14-12-17)33(28,29)26-23-22(21(31-25-23)10-5-6-15-27)32-19-9-7-8-18(16-19)30-4/h7-9,11-16,21-22H,5-6,10H2,1-4H3,(H,25,26). The molecular formula is C24H30N2O5S2. The van der Waals surface area contributed by atoms with Crippen LogP contribution in [0.2, 0.25) is 0 Å². The first kappa shape index (κ1) is 25.3. The highest BCUT2D eigenvalue weighted by Crippen LogP contribution is 2.34. The summed E-state index contributed by atoms with van der Waals surface area (Å²) in [5, 5.41) is -0.382. The Labute approximate surface area is 200 Å².